The number of aliphatic imine (C=N–C) groups is 1. The summed E-state index contributed by atoms with van der Waals surface area (Å²) < 4.78 is 22.9. The van der Waals surface area contributed by atoms with E-state index in [0.29, 0.717) is 0 Å². The number of aliphatic carboxylic acids is 1. The average Bonchev–Trinajstić information content (AvgIpc) is 2.16. The normalized spacial score (nSPS) is 25.6. The first-order valence-electron chi connectivity index (χ1n) is 4.28. The van der Waals surface area contributed by atoms with Crippen LogP contribution in [0.1, 0.15) is 13.3 Å². The summed E-state index contributed by atoms with van der Waals surface area (Å²) in [5, 5.41) is 11.2. The Labute approximate surface area is 87.6 Å². The number of carboxylic acid groups (broad SMARTS) is 1. The van der Waals surface area contributed by atoms with Crippen LogP contribution in [0.15, 0.2) is 16.8 Å². The molecule has 1 aliphatic heterocycles. The second-order valence-corrected chi connectivity index (χ2v) is 5.44. The highest BCUT2D eigenvalue weighted by Crippen LogP contribution is 2.22. The van der Waals surface area contributed by atoms with Crippen molar-refractivity contribution in [2.45, 2.75) is 18.3 Å². The molecule has 2 N–H and O–H groups in total. The molecule has 0 fully saturated rings. The van der Waals surface area contributed by atoms with Gasteiger partial charge in [0.1, 0.15) is 0 Å². The van der Waals surface area contributed by atoms with E-state index in [0.717, 1.165) is 18.7 Å². The fraction of sp³-hybridized carbons (Fsp3) is 0.500. The smallest absolute Gasteiger partial charge is 0.338 e. The zero-order valence-corrected chi connectivity index (χ0v) is 9.21. The summed E-state index contributed by atoms with van der Waals surface area (Å²) >= 11 is 0. The number of nitrogens with one attached hydrogen (secondary N) is 1. The molecule has 0 saturated heterocycles. The minimum absolute atomic E-state index is 0.0669. The van der Waals surface area contributed by atoms with Crippen molar-refractivity contribution >= 4 is 22.0 Å². The molecule has 0 radical (unpaired) electrons. The Kier molecular flexibility index (Phi) is 2.85. The van der Waals surface area contributed by atoms with Crippen LogP contribution in [0.5, 0.6) is 0 Å². The fourth-order valence-electron chi connectivity index (χ4n) is 1.21. The molecule has 1 rings (SSSR count). The van der Waals surface area contributed by atoms with Gasteiger partial charge in [-0.05, 0) is 0 Å². The highest BCUT2D eigenvalue weighted by Gasteiger charge is 2.39. The van der Waals surface area contributed by atoms with Gasteiger partial charge in [-0.25, -0.2) is 18.2 Å². The van der Waals surface area contributed by atoms with Gasteiger partial charge < -0.3 is 10.4 Å². The standard InChI is InChI=1S/C8H12N2O4S/c1-3-8(15(2,13)14)9-4-6(5-10-8)7(11)12/h4-5,9H,3H2,1-2H3,(H,11,12). The molecule has 0 aromatic rings. The minimum Gasteiger partial charge on any atom is -0.478 e. The van der Waals surface area contributed by atoms with Crippen LogP contribution in [0, 0.1) is 0 Å². The maximum Gasteiger partial charge on any atom is 0.338 e. The maximum atomic E-state index is 11.5. The van der Waals surface area contributed by atoms with Crippen LogP contribution in [0.4, 0.5) is 0 Å². The van der Waals surface area contributed by atoms with Crippen LogP contribution in [-0.4, -0.2) is 37.0 Å². The summed E-state index contributed by atoms with van der Waals surface area (Å²) in [6, 6.07) is 0. The predicted octanol–water partition coefficient (Wildman–Crippen LogP) is -0.263. The number of nitrogens with zero attached hydrogens (tertiary/aromatic N) is 1. The van der Waals surface area contributed by atoms with E-state index < -0.39 is 20.8 Å². The molecular weight excluding hydrogens is 220 g/mol. The van der Waals surface area contributed by atoms with E-state index in [1.54, 1.807) is 6.92 Å². The molecule has 1 heterocycles. The van der Waals surface area contributed by atoms with Crippen molar-refractivity contribution in [3.05, 3.63) is 11.8 Å². The van der Waals surface area contributed by atoms with Gasteiger partial charge in [0.15, 0.2) is 9.84 Å². The van der Waals surface area contributed by atoms with Crippen molar-refractivity contribution in [1.29, 1.82) is 0 Å². The zero-order chi connectivity index (χ0) is 11.7. The van der Waals surface area contributed by atoms with Gasteiger partial charge in [-0.3, -0.25) is 0 Å². The molecule has 1 aliphatic rings. The lowest BCUT2D eigenvalue weighted by atomic mass is 10.2. The van der Waals surface area contributed by atoms with Crippen LogP contribution >= 0.6 is 0 Å². The third-order valence-electron chi connectivity index (χ3n) is 2.20. The number of hydrogen-bond donors (Lipinski definition) is 2. The Morgan fingerprint density at radius 2 is 2.27 bits per heavy atom. The van der Waals surface area contributed by atoms with E-state index in [4.69, 9.17) is 5.11 Å². The molecule has 0 spiro atoms. The van der Waals surface area contributed by atoms with Crippen LogP contribution in [0.3, 0.4) is 0 Å². The molecule has 84 valence electrons. The molecule has 0 saturated carbocycles. The highest BCUT2D eigenvalue weighted by atomic mass is 32.2. The molecule has 0 amide bonds. The topological polar surface area (TPSA) is 95.8 Å². The number of carboxylic acids is 1. The Morgan fingerprint density at radius 1 is 1.67 bits per heavy atom. The van der Waals surface area contributed by atoms with E-state index in [2.05, 4.69) is 10.3 Å². The van der Waals surface area contributed by atoms with E-state index in [1.165, 1.54) is 0 Å². The van der Waals surface area contributed by atoms with Crippen LogP contribution < -0.4 is 5.32 Å². The molecule has 15 heavy (non-hydrogen) atoms. The summed E-state index contributed by atoms with van der Waals surface area (Å²) in [7, 11) is -3.43. The van der Waals surface area contributed by atoms with Gasteiger partial charge in [-0.2, -0.15) is 0 Å². The summed E-state index contributed by atoms with van der Waals surface area (Å²) in [6.45, 7) is 1.66. The van der Waals surface area contributed by atoms with Gasteiger partial charge in [-0.1, -0.05) is 6.92 Å². The first kappa shape index (κ1) is 11.7. The largest absolute Gasteiger partial charge is 0.478 e. The van der Waals surface area contributed by atoms with E-state index in [9.17, 15) is 13.2 Å². The summed E-state index contributed by atoms with van der Waals surface area (Å²) in [5.74, 6) is -1.15. The molecule has 6 nitrogen and oxygen atoms in total. The first-order chi connectivity index (χ1) is 6.82. The second-order valence-electron chi connectivity index (χ2n) is 3.22. The van der Waals surface area contributed by atoms with Gasteiger partial charge in [0.05, 0.1) is 5.57 Å². The number of rotatable bonds is 3. The van der Waals surface area contributed by atoms with Crippen LogP contribution in [-0.2, 0) is 14.6 Å². The molecule has 0 bridgehead atoms. The van der Waals surface area contributed by atoms with E-state index in [1.807, 2.05) is 0 Å². The molecule has 0 aromatic carbocycles. The lowest BCUT2D eigenvalue weighted by molar-refractivity contribution is -0.132. The number of carbonyl (C=O) groups is 1. The minimum atomic E-state index is -3.43. The van der Waals surface area contributed by atoms with Crippen LogP contribution in [0.2, 0.25) is 0 Å². The van der Waals surface area contributed by atoms with Crippen molar-refractivity contribution in [3.8, 4) is 0 Å². The molecular formula is C8H12N2O4S. The number of sulfone groups is 1. The predicted molar refractivity (Wildman–Crippen MR) is 55.2 cm³/mol. The van der Waals surface area contributed by atoms with Crippen molar-refractivity contribution in [1.82, 2.24) is 5.32 Å². The summed E-state index contributed by atoms with van der Waals surface area (Å²) in [4.78, 5) is 12.9. The molecule has 0 aliphatic carbocycles. The van der Waals surface area contributed by atoms with E-state index >= 15 is 0 Å². The molecule has 7 heteroatoms. The first-order valence-corrected chi connectivity index (χ1v) is 6.17. The summed E-state index contributed by atoms with van der Waals surface area (Å²) in [6.07, 6.45) is 3.50. The van der Waals surface area contributed by atoms with Gasteiger partial charge in [0, 0.05) is 25.1 Å². The average molecular weight is 232 g/mol. The third kappa shape index (κ3) is 2.01. The zero-order valence-electron chi connectivity index (χ0n) is 8.39. The Bertz CT molecular complexity index is 438. The molecule has 0 aromatic heterocycles. The second kappa shape index (κ2) is 3.65. The summed E-state index contributed by atoms with van der Waals surface area (Å²) in [5.41, 5.74) is -0.0669. The van der Waals surface area contributed by atoms with E-state index in [-0.39, 0.29) is 12.0 Å². The SMILES string of the molecule is CCC1(S(C)(=O)=O)N=CC(C(=O)O)=CN1. The fourth-order valence-corrected chi connectivity index (χ4v) is 2.26. The molecule has 1 unspecified atom stereocenters. The van der Waals surface area contributed by atoms with Crippen LogP contribution in [0.25, 0.3) is 0 Å². The van der Waals surface area contributed by atoms with Gasteiger partial charge in [-0.15, -0.1) is 0 Å². The highest BCUT2D eigenvalue weighted by molar-refractivity contribution is 7.92. The van der Waals surface area contributed by atoms with Crippen molar-refractivity contribution in [2.75, 3.05) is 6.26 Å². The van der Waals surface area contributed by atoms with Crippen molar-refractivity contribution in [3.63, 3.8) is 0 Å². The van der Waals surface area contributed by atoms with Gasteiger partial charge >= 0.3 is 5.97 Å². The molecule has 1 atom stereocenters. The van der Waals surface area contributed by atoms with Crippen molar-refractivity contribution < 1.29 is 18.3 Å². The third-order valence-corrected chi connectivity index (χ3v) is 3.94. The lowest BCUT2D eigenvalue weighted by Gasteiger charge is -2.29. The number of hydrogen-bond acceptors (Lipinski definition) is 5. The van der Waals surface area contributed by atoms with Gasteiger partial charge in [0.2, 0.25) is 4.99 Å². The lowest BCUT2D eigenvalue weighted by Crippen LogP contribution is -2.49. The monoisotopic (exact) mass is 232 g/mol. The quantitative estimate of drug-likeness (QED) is 0.698. The Morgan fingerprint density at radius 3 is 2.53 bits per heavy atom. The Hall–Kier alpha value is -1.37. The maximum absolute atomic E-state index is 11.5. The van der Waals surface area contributed by atoms with Gasteiger partial charge in [0.25, 0.3) is 0 Å². The Balaban J connectivity index is 3.07. The van der Waals surface area contributed by atoms with Crippen molar-refractivity contribution in [2.24, 2.45) is 4.99 Å².